The maximum Gasteiger partial charge on any atom is 0.341 e. The molecule has 0 radical (unpaired) electrons. The molecule has 1 fully saturated rings. The summed E-state index contributed by atoms with van der Waals surface area (Å²) < 4.78 is 1.48. The molecule has 3 heterocycles. The van der Waals surface area contributed by atoms with Crippen LogP contribution < -0.4 is 4.90 Å². The second-order valence-corrected chi connectivity index (χ2v) is 3.76. The molecule has 82 valence electrons. The van der Waals surface area contributed by atoms with Gasteiger partial charge in [-0.15, -0.1) is 0 Å². The summed E-state index contributed by atoms with van der Waals surface area (Å²) in [7, 11) is 0. The Kier molecular flexibility index (Phi) is 1.82. The molecule has 1 N–H and O–H groups in total. The Labute approximate surface area is 91.1 Å². The molecule has 0 aliphatic carbocycles. The zero-order valence-corrected chi connectivity index (χ0v) is 8.50. The zero-order chi connectivity index (χ0) is 11.1. The molecule has 1 saturated heterocycles. The van der Waals surface area contributed by atoms with Crippen molar-refractivity contribution in [1.82, 2.24) is 14.6 Å². The van der Waals surface area contributed by atoms with E-state index in [0.717, 1.165) is 25.3 Å². The Morgan fingerprint density at radius 1 is 1.44 bits per heavy atom. The van der Waals surface area contributed by atoms with Crippen molar-refractivity contribution in [3.8, 4) is 0 Å². The van der Waals surface area contributed by atoms with E-state index >= 15 is 0 Å². The number of hydrogen-bond donors (Lipinski definition) is 1. The van der Waals surface area contributed by atoms with Crippen molar-refractivity contribution in [1.29, 1.82) is 0 Å². The van der Waals surface area contributed by atoms with Crippen LogP contribution in [0, 0.1) is 0 Å². The van der Waals surface area contributed by atoms with Gasteiger partial charge in [-0.1, -0.05) is 0 Å². The number of carboxylic acid groups (broad SMARTS) is 1. The van der Waals surface area contributed by atoms with Gasteiger partial charge in [-0.25, -0.2) is 14.3 Å². The van der Waals surface area contributed by atoms with E-state index in [2.05, 4.69) is 15.0 Å². The molecule has 2 aromatic heterocycles. The number of rotatable bonds is 2. The van der Waals surface area contributed by atoms with Gasteiger partial charge in [0.25, 0.3) is 0 Å². The van der Waals surface area contributed by atoms with Gasteiger partial charge in [-0.2, -0.15) is 5.10 Å². The Morgan fingerprint density at radius 3 is 2.88 bits per heavy atom. The standard InChI is InChI=1S/C10H10N4O2/c15-10(16)7-6-11-14-5-2-8(12-9(7)14)13-3-1-4-13/h2,5-6H,1,3-4H2,(H,15,16). The Hall–Kier alpha value is -2.11. The summed E-state index contributed by atoms with van der Waals surface area (Å²) in [5, 5.41) is 12.9. The average Bonchev–Trinajstić information content (AvgIpc) is 2.57. The molecule has 1 aliphatic rings. The fraction of sp³-hybridized carbons (Fsp3) is 0.300. The largest absolute Gasteiger partial charge is 0.477 e. The zero-order valence-electron chi connectivity index (χ0n) is 8.50. The molecule has 3 rings (SSSR count). The summed E-state index contributed by atoms with van der Waals surface area (Å²) in [6, 6.07) is 1.85. The first-order valence-electron chi connectivity index (χ1n) is 5.08. The van der Waals surface area contributed by atoms with Crippen LogP contribution in [-0.4, -0.2) is 38.8 Å². The van der Waals surface area contributed by atoms with E-state index in [1.807, 2.05) is 6.07 Å². The third-order valence-electron chi connectivity index (χ3n) is 2.76. The minimum Gasteiger partial charge on any atom is -0.477 e. The number of anilines is 1. The van der Waals surface area contributed by atoms with E-state index in [1.54, 1.807) is 6.20 Å². The molecular weight excluding hydrogens is 208 g/mol. The molecule has 0 unspecified atom stereocenters. The van der Waals surface area contributed by atoms with Gasteiger partial charge < -0.3 is 10.0 Å². The second kappa shape index (κ2) is 3.19. The molecule has 0 bridgehead atoms. The van der Waals surface area contributed by atoms with Crippen LogP contribution in [0.3, 0.4) is 0 Å². The van der Waals surface area contributed by atoms with E-state index in [-0.39, 0.29) is 5.56 Å². The summed E-state index contributed by atoms with van der Waals surface area (Å²) in [5.74, 6) is -0.176. The van der Waals surface area contributed by atoms with E-state index in [4.69, 9.17) is 5.11 Å². The highest BCUT2D eigenvalue weighted by atomic mass is 16.4. The van der Waals surface area contributed by atoms with Gasteiger partial charge in [0.05, 0.1) is 6.20 Å². The predicted molar refractivity (Wildman–Crippen MR) is 56.8 cm³/mol. The topological polar surface area (TPSA) is 70.7 Å². The quantitative estimate of drug-likeness (QED) is 0.800. The molecule has 1 aliphatic heterocycles. The van der Waals surface area contributed by atoms with Crippen molar-refractivity contribution in [2.24, 2.45) is 0 Å². The summed E-state index contributed by atoms with van der Waals surface area (Å²) in [5.41, 5.74) is 0.541. The summed E-state index contributed by atoms with van der Waals surface area (Å²) >= 11 is 0. The van der Waals surface area contributed by atoms with E-state index in [1.165, 1.54) is 10.7 Å². The SMILES string of the molecule is O=C(O)c1cnn2ccc(N3CCC3)nc12. The second-order valence-electron chi connectivity index (χ2n) is 3.76. The average molecular weight is 218 g/mol. The third kappa shape index (κ3) is 1.23. The fourth-order valence-corrected chi connectivity index (χ4v) is 1.73. The third-order valence-corrected chi connectivity index (χ3v) is 2.76. The fourth-order valence-electron chi connectivity index (χ4n) is 1.73. The van der Waals surface area contributed by atoms with Gasteiger partial charge in [-0.05, 0) is 12.5 Å². The number of aromatic nitrogens is 3. The van der Waals surface area contributed by atoms with E-state index in [0.29, 0.717) is 5.65 Å². The molecule has 2 aromatic rings. The normalized spacial score (nSPS) is 15.1. The highest BCUT2D eigenvalue weighted by Gasteiger charge is 2.18. The van der Waals surface area contributed by atoms with Crippen LogP contribution in [0.15, 0.2) is 18.5 Å². The van der Waals surface area contributed by atoms with Crippen molar-refractivity contribution < 1.29 is 9.90 Å². The molecule has 0 saturated carbocycles. The Bertz CT molecular complexity index is 559. The molecule has 6 nitrogen and oxygen atoms in total. The lowest BCUT2D eigenvalue weighted by Gasteiger charge is -2.31. The van der Waals surface area contributed by atoms with Gasteiger partial charge in [0, 0.05) is 19.3 Å². The van der Waals surface area contributed by atoms with E-state index in [9.17, 15) is 4.79 Å². The van der Waals surface area contributed by atoms with Crippen molar-refractivity contribution in [2.45, 2.75) is 6.42 Å². The number of carboxylic acids is 1. The van der Waals surface area contributed by atoms with Crippen LogP contribution in [0.25, 0.3) is 5.65 Å². The molecular formula is C10H10N4O2. The molecule has 0 aromatic carbocycles. The number of hydrogen-bond acceptors (Lipinski definition) is 4. The van der Waals surface area contributed by atoms with E-state index < -0.39 is 5.97 Å². The molecule has 0 spiro atoms. The lowest BCUT2D eigenvalue weighted by atomic mass is 10.2. The minimum absolute atomic E-state index is 0.141. The summed E-state index contributed by atoms with van der Waals surface area (Å²) in [6.07, 6.45) is 4.23. The Balaban J connectivity index is 2.13. The first-order chi connectivity index (χ1) is 7.75. The maximum absolute atomic E-state index is 10.9. The molecule has 6 heteroatoms. The van der Waals surface area contributed by atoms with Crippen molar-refractivity contribution in [2.75, 3.05) is 18.0 Å². The van der Waals surface area contributed by atoms with Gasteiger partial charge in [0.2, 0.25) is 0 Å². The summed E-state index contributed by atoms with van der Waals surface area (Å²) in [6.45, 7) is 1.97. The molecule has 0 amide bonds. The smallest absolute Gasteiger partial charge is 0.341 e. The lowest BCUT2D eigenvalue weighted by molar-refractivity contribution is 0.0699. The highest BCUT2D eigenvalue weighted by molar-refractivity contribution is 5.94. The predicted octanol–water partition coefficient (Wildman–Crippen LogP) is 0.638. The van der Waals surface area contributed by atoms with Crippen LogP contribution in [0.4, 0.5) is 5.82 Å². The molecule has 16 heavy (non-hydrogen) atoms. The number of fused-ring (bicyclic) bond motifs is 1. The van der Waals surface area contributed by atoms with Crippen LogP contribution in [0.2, 0.25) is 0 Å². The van der Waals surface area contributed by atoms with Crippen molar-refractivity contribution in [3.63, 3.8) is 0 Å². The van der Waals surface area contributed by atoms with Crippen LogP contribution >= 0.6 is 0 Å². The van der Waals surface area contributed by atoms with Crippen LogP contribution in [0.5, 0.6) is 0 Å². The van der Waals surface area contributed by atoms with Gasteiger partial charge in [0.15, 0.2) is 5.65 Å². The first-order valence-corrected chi connectivity index (χ1v) is 5.08. The first kappa shape index (κ1) is 9.14. The van der Waals surface area contributed by atoms with Gasteiger partial charge in [-0.3, -0.25) is 0 Å². The van der Waals surface area contributed by atoms with Crippen LogP contribution in [0.1, 0.15) is 16.8 Å². The van der Waals surface area contributed by atoms with Crippen LogP contribution in [-0.2, 0) is 0 Å². The number of aromatic carboxylic acids is 1. The lowest BCUT2D eigenvalue weighted by Crippen LogP contribution is -2.37. The maximum atomic E-state index is 10.9. The van der Waals surface area contributed by atoms with Gasteiger partial charge >= 0.3 is 5.97 Å². The monoisotopic (exact) mass is 218 g/mol. The van der Waals surface area contributed by atoms with Gasteiger partial charge in [0.1, 0.15) is 11.4 Å². The number of carbonyl (C=O) groups is 1. The number of nitrogens with zero attached hydrogens (tertiary/aromatic N) is 4. The minimum atomic E-state index is -0.997. The molecule has 0 atom stereocenters. The highest BCUT2D eigenvalue weighted by Crippen LogP contribution is 2.19. The van der Waals surface area contributed by atoms with Crippen molar-refractivity contribution >= 4 is 17.4 Å². The van der Waals surface area contributed by atoms with Crippen molar-refractivity contribution in [3.05, 3.63) is 24.0 Å². The Morgan fingerprint density at radius 2 is 2.25 bits per heavy atom. The summed E-state index contributed by atoms with van der Waals surface area (Å²) in [4.78, 5) is 17.4.